The first kappa shape index (κ1) is 13.6. The van der Waals surface area contributed by atoms with Gasteiger partial charge in [-0.05, 0) is 13.0 Å². The van der Waals surface area contributed by atoms with E-state index in [0.29, 0.717) is 16.0 Å². The Labute approximate surface area is 131 Å². The van der Waals surface area contributed by atoms with Crippen LogP contribution in [-0.2, 0) is 0 Å². The van der Waals surface area contributed by atoms with E-state index >= 15 is 0 Å². The Hall–Kier alpha value is -1.42. The van der Waals surface area contributed by atoms with Gasteiger partial charge in [-0.15, -0.1) is 11.3 Å². The van der Waals surface area contributed by atoms with Gasteiger partial charge in [-0.2, -0.15) is 0 Å². The van der Waals surface area contributed by atoms with Crippen LogP contribution in [-0.4, -0.2) is 9.97 Å². The molecule has 0 N–H and O–H groups in total. The van der Waals surface area contributed by atoms with Crippen molar-refractivity contribution in [2.45, 2.75) is 6.92 Å². The molecule has 0 aliphatic heterocycles. The van der Waals surface area contributed by atoms with Gasteiger partial charge >= 0.3 is 0 Å². The highest BCUT2D eigenvalue weighted by molar-refractivity contribution is 7.14. The zero-order valence-electron chi connectivity index (χ0n) is 10.6. The number of rotatable bonds is 2. The molecule has 2 aromatic heterocycles. The van der Waals surface area contributed by atoms with Crippen LogP contribution in [0, 0.1) is 6.92 Å². The lowest BCUT2D eigenvalue weighted by Crippen LogP contribution is -1.96. The zero-order chi connectivity index (χ0) is 14.1. The Morgan fingerprint density at radius 3 is 2.45 bits per heavy atom. The topological polar surface area (TPSA) is 25.8 Å². The maximum absolute atomic E-state index is 6.25. The van der Waals surface area contributed by atoms with Crippen molar-refractivity contribution in [1.82, 2.24) is 9.97 Å². The maximum Gasteiger partial charge on any atom is 0.171 e. The molecule has 3 aromatic rings. The number of nitrogens with zero attached hydrogens (tertiary/aromatic N) is 2. The summed E-state index contributed by atoms with van der Waals surface area (Å²) < 4.78 is 0. The van der Waals surface area contributed by atoms with Gasteiger partial charge in [0.2, 0.25) is 0 Å². The fourth-order valence-corrected chi connectivity index (χ4v) is 3.08. The first-order valence-corrected chi connectivity index (χ1v) is 7.62. The van der Waals surface area contributed by atoms with Gasteiger partial charge in [-0.1, -0.05) is 53.5 Å². The predicted molar refractivity (Wildman–Crippen MR) is 85.5 cm³/mol. The number of benzene rings is 1. The van der Waals surface area contributed by atoms with Crippen LogP contribution in [0.25, 0.3) is 22.0 Å². The Kier molecular flexibility index (Phi) is 3.74. The van der Waals surface area contributed by atoms with Gasteiger partial charge in [-0.3, -0.25) is 0 Å². The highest BCUT2D eigenvalue weighted by atomic mass is 35.5. The Balaban J connectivity index is 2.18. The van der Waals surface area contributed by atoms with E-state index < -0.39 is 0 Å². The predicted octanol–water partition coefficient (Wildman–Crippen LogP) is 5.49. The third-order valence-electron chi connectivity index (χ3n) is 2.92. The van der Waals surface area contributed by atoms with Crippen LogP contribution in [0.4, 0.5) is 0 Å². The summed E-state index contributed by atoms with van der Waals surface area (Å²) in [5.74, 6) is 0.608. The molecule has 0 atom stereocenters. The van der Waals surface area contributed by atoms with Gasteiger partial charge < -0.3 is 0 Å². The molecular weight excluding hydrogens is 311 g/mol. The Morgan fingerprint density at radius 2 is 1.80 bits per heavy atom. The molecule has 100 valence electrons. The summed E-state index contributed by atoms with van der Waals surface area (Å²) in [5.41, 5.74) is 2.76. The van der Waals surface area contributed by atoms with Crippen LogP contribution in [0.2, 0.25) is 10.2 Å². The van der Waals surface area contributed by atoms with E-state index in [2.05, 4.69) is 9.97 Å². The van der Waals surface area contributed by atoms with Crippen LogP contribution in [0.1, 0.15) is 5.56 Å². The standard InChI is InChI=1S/C15H10Cl2N2S/c1-9-13(10-5-3-2-4-6-10)18-15(19-14(9)17)12-7-11(16)8-20-12/h2-8H,1H3. The molecule has 0 radical (unpaired) electrons. The summed E-state index contributed by atoms with van der Waals surface area (Å²) in [6.45, 7) is 1.93. The van der Waals surface area contributed by atoms with Crippen molar-refractivity contribution in [3.8, 4) is 22.0 Å². The number of halogens is 2. The lowest BCUT2D eigenvalue weighted by molar-refractivity contribution is 1.15. The van der Waals surface area contributed by atoms with Gasteiger partial charge in [0.1, 0.15) is 5.15 Å². The van der Waals surface area contributed by atoms with E-state index in [-0.39, 0.29) is 0 Å². The minimum Gasteiger partial charge on any atom is -0.227 e. The molecule has 1 aromatic carbocycles. The fourth-order valence-electron chi connectivity index (χ4n) is 1.91. The molecule has 0 bridgehead atoms. The summed E-state index contributed by atoms with van der Waals surface area (Å²) in [7, 11) is 0. The Morgan fingerprint density at radius 1 is 1.05 bits per heavy atom. The molecule has 0 unspecified atom stereocenters. The number of thiophene rings is 1. The molecule has 0 aliphatic carbocycles. The van der Waals surface area contributed by atoms with Crippen LogP contribution < -0.4 is 0 Å². The molecule has 0 aliphatic rings. The lowest BCUT2D eigenvalue weighted by atomic mass is 10.1. The number of hydrogen-bond acceptors (Lipinski definition) is 3. The average molecular weight is 321 g/mol. The molecule has 0 spiro atoms. The maximum atomic E-state index is 6.25. The van der Waals surface area contributed by atoms with Crippen molar-refractivity contribution in [1.29, 1.82) is 0 Å². The van der Waals surface area contributed by atoms with E-state index in [1.807, 2.05) is 48.7 Å². The van der Waals surface area contributed by atoms with Gasteiger partial charge in [0.25, 0.3) is 0 Å². The van der Waals surface area contributed by atoms with Crippen LogP contribution >= 0.6 is 34.5 Å². The van der Waals surface area contributed by atoms with E-state index in [9.17, 15) is 0 Å². The molecule has 3 rings (SSSR count). The van der Waals surface area contributed by atoms with Crippen molar-refractivity contribution in [2.24, 2.45) is 0 Å². The summed E-state index contributed by atoms with van der Waals surface area (Å²) in [5, 5.41) is 3.01. The van der Waals surface area contributed by atoms with Crippen LogP contribution in [0.3, 0.4) is 0 Å². The normalized spacial score (nSPS) is 10.8. The van der Waals surface area contributed by atoms with Crippen LogP contribution in [0.15, 0.2) is 41.8 Å². The summed E-state index contributed by atoms with van der Waals surface area (Å²) in [6.07, 6.45) is 0. The zero-order valence-corrected chi connectivity index (χ0v) is 12.9. The minimum absolute atomic E-state index is 0.471. The van der Waals surface area contributed by atoms with E-state index in [0.717, 1.165) is 21.7 Å². The van der Waals surface area contributed by atoms with Gasteiger partial charge in [0.05, 0.1) is 15.6 Å². The second kappa shape index (κ2) is 5.52. The first-order chi connectivity index (χ1) is 9.65. The van der Waals surface area contributed by atoms with Crippen molar-refractivity contribution in [2.75, 3.05) is 0 Å². The third-order valence-corrected chi connectivity index (χ3v) is 4.56. The molecular formula is C15H10Cl2N2S. The quantitative estimate of drug-likeness (QED) is 0.583. The van der Waals surface area contributed by atoms with Crippen molar-refractivity contribution in [3.63, 3.8) is 0 Å². The van der Waals surface area contributed by atoms with E-state index in [1.54, 1.807) is 0 Å². The Bertz CT molecular complexity index is 754. The fraction of sp³-hybridized carbons (Fsp3) is 0.0667. The smallest absolute Gasteiger partial charge is 0.171 e. The van der Waals surface area contributed by atoms with Crippen molar-refractivity contribution in [3.05, 3.63) is 57.5 Å². The largest absolute Gasteiger partial charge is 0.227 e. The molecule has 0 fully saturated rings. The first-order valence-electron chi connectivity index (χ1n) is 5.99. The molecule has 0 saturated carbocycles. The monoisotopic (exact) mass is 320 g/mol. The van der Waals surface area contributed by atoms with Crippen molar-refractivity contribution < 1.29 is 0 Å². The van der Waals surface area contributed by atoms with Gasteiger partial charge in [0, 0.05) is 16.5 Å². The van der Waals surface area contributed by atoms with Gasteiger partial charge in [0.15, 0.2) is 5.82 Å². The minimum atomic E-state index is 0.471. The molecule has 20 heavy (non-hydrogen) atoms. The third kappa shape index (κ3) is 2.57. The summed E-state index contributed by atoms with van der Waals surface area (Å²) in [6, 6.07) is 11.8. The lowest BCUT2D eigenvalue weighted by Gasteiger charge is -2.08. The molecule has 0 amide bonds. The molecule has 5 heteroatoms. The molecule has 0 saturated heterocycles. The molecule has 2 nitrogen and oxygen atoms in total. The summed E-state index contributed by atoms with van der Waals surface area (Å²) in [4.78, 5) is 9.90. The second-order valence-corrected chi connectivity index (χ2v) is 6.01. The highest BCUT2D eigenvalue weighted by Gasteiger charge is 2.13. The SMILES string of the molecule is Cc1c(Cl)nc(-c2cc(Cl)cs2)nc1-c1ccccc1. The second-order valence-electron chi connectivity index (χ2n) is 4.31. The van der Waals surface area contributed by atoms with Gasteiger partial charge in [-0.25, -0.2) is 9.97 Å². The van der Waals surface area contributed by atoms with Crippen LogP contribution in [0.5, 0.6) is 0 Å². The summed E-state index contributed by atoms with van der Waals surface area (Å²) >= 11 is 13.7. The molecule has 2 heterocycles. The highest BCUT2D eigenvalue weighted by Crippen LogP contribution is 2.32. The number of aromatic nitrogens is 2. The van der Waals surface area contributed by atoms with Crippen molar-refractivity contribution >= 4 is 34.5 Å². The van der Waals surface area contributed by atoms with E-state index in [1.165, 1.54) is 11.3 Å². The number of hydrogen-bond donors (Lipinski definition) is 0. The average Bonchev–Trinajstić information content (AvgIpc) is 2.89. The van der Waals surface area contributed by atoms with E-state index in [4.69, 9.17) is 23.2 Å².